The Bertz CT molecular complexity index is 138. The summed E-state index contributed by atoms with van der Waals surface area (Å²) in [5.74, 6) is 0. The van der Waals surface area contributed by atoms with E-state index in [2.05, 4.69) is 28.3 Å². The van der Waals surface area contributed by atoms with E-state index in [9.17, 15) is 4.57 Å². The van der Waals surface area contributed by atoms with E-state index in [1.54, 1.807) is 0 Å². The summed E-state index contributed by atoms with van der Waals surface area (Å²) in [6, 6.07) is 0. The number of hydrogen-bond donors (Lipinski definition) is 3. The maximum atomic E-state index is 9.66. The van der Waals surface area contributed by atoms with Gasteiger partial charge in [0.2, 0.25) is 0 Å². The van der Waals surface area contributed by atoms with Crippen LogP contribution in [-0.2, 0) is 9.30 Å². The van der Waals surface area contributed by atoms with Crippen LogP contribution in [0.2, 0.25) is 0 Å². The average molecular weight is 237 g/mol. The molecule has 0 aromatic heterocycles. The van der Waals surface area contributed by atoms with Crippen molar-refractivity contribution in [2.75, 3.05) is 26.3 Å². The Hall–Kier alpha value is 0.650. The van der Waals surface area contributed by atoms with E-state index in [1.807, 2.05) is 0 Å². The SMILES string of the molecule is C1COCCN1.O=P(O)(Cl)NCl. The van der Waals surface area contributed by atoms with Crippen molar-refractivity contribution in [2.45, 2.75) is 0 Å². The molecule has 0 aromatic rings. The summed E-state index contributed by atoms with van der Waals surface area (Å²) >= 11 is 9.17. The Morgan fingerprint density at radius 1 is 1.50 bits per heavy atom. The molecule has 0 spiro atoms. The first-order valence-corrected chi connectivity index (χ1v) is 6.19. The molecule has 5 nitrogen and oxygen atoms in total. The van der Waals surface area contributed by atoms with Crippen LogP contribution in [-0.4, -0.2) is 31.2 Å². The summed E-state index contributed by atoms with van der Waals surface area (Å²) in [4.78, 5) is 7.90. The van der Waals surface area contributed by atoms with Crippen LogP contribution < -0.4 is 9.92 Å². The Morgan fingerprint density at radius 3 is 2.00 bits per heavy atom. The molecule has 1 heterocycles. The molecule has 8 heteroatoms. The number of halogens is 2. The quantitative estimate of drug-likeness (QED) is 0.462. The summed E-state index contributed by atoms with van der Waals surface area (Å²) in [5, 5.41) is 3.16. The second-order valence-electron chi connectivity index (χ2n) is 1.95. The fourth-order valence-corrected chi connectivity index (χ4v) is 0.516. The minimum absolute atomic E-state index is 0.889. The molecule has 1 rings (SSSR count). The van der Waals surface area contributed by atoms with Gasteiger partial charge in [-0.15, -0.1) is 4.61 Å². The van der Waals surface area contributed by atoms with Gasteiger partial charge < -0.3 is 14.9 Å². The van der Waals surface area contributed by atoms with Gasteiger partial charge in [-0.25, -0.2) is 0 Å². The highest BCUT2D eigenvalue weighted by atomic mass is 35.7. The molecule has 0 saturated carbocycles. The third kappa shape index (κ3) is 10.7. The Balaban J connectivity index is 0.000000202. The van der Waals surface area contributed by atoms with Crippen LogP contribution in [0.4, 0.5) is 0 Å². The lowest BCUT2D eigenvalue weighted by molar-refractivity contribution is 0.109. The molecule has 1 aliphatic rings. The molecule has 3 N–H and O–H groups in total. The average Bonchev–Trinajstić information content (AvgIpc) is 2.07. The van der Waals surface area contributed by atoms with Crippen molar-refractivity contribution in [3.63, 3.8) is 0 Å². The summed E-state index contributed by atoms with van der Waals surface area (Å²) in [5.41, 5.74) is 0. The molecule has 12 heavy (non-hydrogen) atoms. The number of hydrogen-bond acceptors (Lipinski definition) is 3. The largest absolute Gasteiger partial charge is 0.379 e. The van der Waals surface area contributed by atoms with Crippen LogP contribution in [0, 0.1) is 0 Å². The van der Waals surface area contributed by atoms with Crippen LogP contribution in [0.5, 0.6) is 0 Å². The highest BCUT2D eigenvalue weighted by molar-refractivity contribution is 7.83. The van der Waals surface area contributed by atoms with Crippen molar-refractivity contribution in [2.24, 2.45) is 0 Å². The minimum Gasteiger partial charge on any atom is -0.379 e. The number of rotatable bonds is 1. The highest BCUT2D eigenvalue weighted by Gasteiger charge is 2.07. The molecule has 0 aromatic carbocycles. The van der Waals surface area contributed by atoms with Gasteiger partial charge in [0.1, 0.15) is 0 Å². The van der Waals surface area contributed by atoms with Crippen molar-refractivity contribution < 1.29 is 14.2 Å². The van der Waals surface area contributed by atoms with Crippen molar-refractivity contribution >= 4 is 29.9 Å². The lowest BCUT2D eigenvalue weighted by Gasteiger charge is -2.10. The van der Waals surface area contributed by atoms with Crippen LogP contribution in [0.1, 0.15) is 0 Å². The molecule has 1 unspecified atom stereocenters. The van der Waals surface area contributed by atoms with E-state index in [1.165, 1.54) is 4.61 Å². The monoisotopic (exact) mass is 236 g/mol. The summed E-state index contributed by atoms with van der Waals surface area (Å²) in [6.45, 7) is 0.174. The zero-order valence-electron chi connectivity index (χ0n) is 6.30. The number of nitrogens with one attached hydrogen (secondary N) is 2. The van der Waals surface area contributed by atoms with E-state index in [0.717, 1.165) is 26.3 Å². The second kappa shape index (κ2) is 7.09. The summed E-state index contributed by atoms with van der Waals surface area (Å²) in [6.07, 6.45) is 0. The Kier molecular flexibility index (Phi) is 7.48. The second-order valence-corrected chi connectivity index (χ2v) is 5.00. The van der Waals surface area contributed by atoms with Crippen molar-refractivity contribution in [1.29, 1.82) is 0 Å². The maximum Gasteiger partial charge on any atom is 0.371 e. The fourth-order valence-electron chi connectivity index (χ4n) is 0.516. The molecule has 1 aliphatic heterocycles. The Morgan fingerprint density at radius 2 is 1.92 bits per heavy atom. The normalized spacial score (nSPS) is 21.9. The predicted octanol–water partition coefficient (Wildman–Crippen LogP) is 0.675. The highest BCUT2D eigenvalue weighted by Crippen LogP contribution is 2.41. The fraction of sp³-hybridized carbons (Fsp3) is 1.00. The van der Waals surface area contributed by atoms with Crippen LogP contribution in [0.15, 0.2) is 0 Å². The molecule has 74 valence electrons. The van der Waals surface area contributed by atoms with E-state index in [4.69, 9.17) is 9.63 Å². The van der Waals surface area contributed by atoms with E-state index < -0.39 is 6.87 Å². The van der Waals surface area contributed by atoms with Gasteiger partial charge >= 0.3 is 6.87 Å². The van der Waals surface area contributed by atoms with E-state index >= 15 is 0 Å². The minimum atomic E-state index is -3.66. The molecular weight excluding hydrogens is 226 g/mol. The predicted molar refractivity (Wildman–Crippen MR) is 48.4 cm³/mol. The molecular formula is C4H11Cl2N2O3P. The van der Waals surface area contributed by atoms with Crippen LogP contribution in [0.3, 0.4) is 0 Å². The van der Waals surface area contributed by atoms with Gasteiger partial charge in [-0.2, -0.15) is 0 Å². The first kappa shape index (κ1) is 12.7. The van der Waals surface area contributed by atoms with Gasteiger partial charge in [-0.1, -0.05) is 0 Å². The Labute approximate surface area is 80.8 Å². The molecule has 0 radical (unpaired) electrons. The molecule has 1 atom stereocenters. The van der Waals surface area contributed by atoms with Gasteiger partial charge in [-0.05, 0) is 23.0 Å². The third-order valence-electron chi connectivity index (χ3n) is 0.951. The van der Waals surface area contributed by atoms with Gasteiger partial charge in [0.05, 0.1) is 13.2 Å². The lowest BCUT2D eigenvalue weighted by Crippen LogP contribution is -2.30. The molecule has 0 aliphatic carbocycles. The lowest BCUT2D eigenvalue weighted by atomic mass is 10.5. The van der Waals surface area contributed by atoms with Crippen LogP contribution >= 0.6 is 29.9 Å². The summed E-state index contributed by atoms with van der Waals surface area (Å²) < 4.78 is 16.1. The zero-order chi connectivity index (χ0) is 9.45. The third-order valence-corrected chi connectivity index (χ3v) is 2.36. The van der Waals surface area contributed by atoms with Crippen LogP contribution in [0.25, 0.3) is 0 Å². The van der Waals surface area contributed by atoms with E-state index in [-0.39, 0.29) is 0 Å². The van der Waals surface area contributed by atoms with E-state index in [0.29, 0.717) is 0 Å². The smallest absolute Gasteiger partial charge is 0.371 e. The molecule has 0 bridgehead atoms. The first-order valence-electron chi connectivity index (χ1n) is 3.25. The standard InChI is InChI=1S/C4H9NO.Cl2H2NO2P/c1-3-6-4-2-5-1;1-3-6(2,4)5/h5H,1-4H2;(H2,3,4,5). The van der Waals surface area contributed by atoms with Crippen molar-refractivity contribution in [1.82, 2.24) is 9.92 Å². The molecule has 1 saturated heterocycles. The zero-order valence-corrected chi connectivity index (χ0v) is 8.70. The van der Waals surface area contributed by atoms with Gasteiger partial charge in [0.15, 0.2) is 0 Å². The van der Waals surface area contributed by atoms with Gasteiger partial charge in [0, 0.05) is 13.1 Å². The van der Waals surface area contributed by atoms with Gasteiger partial charge in [-0.3, -0.25) is 4.57 Å². The molecule has 1 fully saturated rings. The first-order chi connectivity index (χ1) is 5.56. The number of ether oxygens (including phenoxy) is 1. The topological polar surface area (TPSA) is 70.6 Å². The maximum absolute atomic E-state index is 9.66. The summed E-state index contributed by atoms with van der Waals surface area (Å²) in [7, 11) is 0. The van der Waals surface area contributed by atoms with Crippen molar-refractivity contribution in [3.05, 3.63) is 0 Å². The van der Waals surface area contributed by atoms with Gasteiger partial charge in [0.25, 0.3) is 0 Å². The van der Waals surface area contributed by atoms with Crippen molar-refractivity contribution in [3.8, 4) is 0 Å². The molecule has 0 amide bonds. The number of morpholine rings is 1.